The van der Waals surface area contributed by atoms with Gasteiger partial charge in [0, 0.05) is 33.1 Å². The lowest BCUT2D eigenvalue weighted by molar-refractivity contribution is 0.206. The third-order valence-electron chi connectivity index (χ3n) is 2.10. The van der Waals surface area contributed by atoms with Gasteiger partial charge in [0.2, 0.25) is 5.95 Å². The van der Waals surface area contributed by atoms with E-state index in [4.69, 9.17) is 10.5 Å². The summed E-state index contributed by atoms with van der Waals surface area (Å²) in [6, 6.07) is 0. The summed E-state index contributed by atoms with van der Waals surface area (Å²) in [5, 5.41) is 0. The number of hydrogen-bond acceptors (Lipinski definition) is 5. The van der Waals surface area contributed by atoms with Crippen LogP contribution in [0.25, 0.3) is 0 Å². The van der Waals surface area contributed by atoms with Crippen molar-refractivity contribution in [1.82, 2.24) is 9.97 Å². The van der Waals surface area contributed by atoms with E-state index in [0.717, 1.165) is 18.5 Å². The standard InChI is InChI=1S/C10H18N4O/c1-14(5-6-15-2)10-12-7-9(3-4-11)8-13-10/h7-8H,3-6,11H2,1-2H3. The van der Waals surface area contributed by atoms with Crippen molar-refractivity contribution < 1.29 is 4.74 Å². The maximum atomic E-state index is 5.44. The van der Waals surface area contributed by atoms with E-state index in [-0.39, 0.29) is 0 Å². The molecule has 0 saturated carbocycles. The third kappa shape index (κ3) is 3.81. The monoisotopic (exact) mass is 210 g/mol. The first kappa shape index (κ1) is 11.9. The summed E-state index contributed by atoms with van der Waals surface area (Å²) < 4.78 is 4.98. The number of hydrogen-bond donors (Lipinski definition) is 1. The van der Waals surface area contributed by atoms with Crippen LogP contribution in [0.3, 0.4) is 0 Å². The lowest BCUT2D eigenvalue weighted by Crippen LogP contribution is -2.24. The van der Waals surface area contributed by atoms with Crippen LogP contribution < -0.4 is 10.6 Å². The number of aromatic nitrogens is 2. The zero-order valence-corrected chi connectivity index (χ0v) is 9.31. The minimum atomic E-state index is 0.627. The predicted octanol–water partition coefficient (Wildman–Crippen LogP) is 0.0604. The zero-order chi connectivity index (χ0) is 11.1. The van der Waals surface area contributed by atoms with Crippen molar-refractivity contribution in [2.75, 3.05) is 38.8 Å². The molecule has 0 aliphatic heterocycles. The van der Waals surface area contributed by atoms with Crippen LogP contribution in [0.2, 0.25) is 0 Å². The number of nitrogens with two attached hydrogens (primary N) is 1. The molecule has 0 fully saturated rings. The molecule has 0 unspecified atom stereocenters. The Morgan fingerprint density at radius 1 is 1.40 bits per heavy atom. The van der Waals surface area contributed by atoms with Gasteiger partial charge in [0.25, 0.3) is 0 Å². The van der Waals surface area contributed by atoms with Crippen LogP contribution in [0, 0.1) is 0 Å². The highest BCUT2D eigenvalue weighted by atomic mass is 16.5. The molecule has 1 aromatic heterocycles. The van der Waals surface area contributed by atoms with Crippen LogP contribution in [0.4, 0.5) is 5.95 Å². The zero-order valence-electron chi connectivity index (χ0n) is 9.31. The van der Waals surface area contributed by atoms with Crippen LogP contribution in [-0.2, 0) is 11.2 Å². The van der Waals surface area contributed by atoms with E-state index in [1.165, 1.54) is 0 Å². The molecule has 0 aliphatic rings. The van der Waals surface area contributed by atoms with Gasteiger partial charge in [-0.05, 0) is 18.5 Å². The first-order valence-corrected chi connectivity index (χ1v) is 4.99. The molecule has 0 aliphatic carbocycles. The number of nitrogens with zero attached hydrogens (tertiary/aromatic N) is 3. The second-order valence-electron chi connectivity index (χ2n) is 3.34. The summed E-state index contributed by atoms with van der Waals surface area (Å²) in [5.74, 6) is 0.716. The minimum absolute atomic E-state index is 0.627. The van der Waals surface area contributed by atoms with E-state index in [1.807, 2.05) is 24.3 Å². The van der Waals surface area contributed by atoms with E-state index < -0.39 is 0 Å². The molecule has 1 heterocycles. The van der Waals surface area contributed by atoms with Gasteiger partial charge in [-0.25, -0.2) is 9.97 Å². The summed E-state index contributed by atoms with van der Waals surface area (Å²) in [6.45, 7) is 2.08. The Morgan fingerprint density at radius 2 is 2.07 bits per heavy atom. The Morgan fingerprint density at radius 3 is 2.60 bits per heavy atom. The van der Waals surface area contributed by atoms with Crippen molar-refractivity contribution >= 4 is 5.95 Å². The van der Waals surface area contributed by atoms with E-state index in [0.29, 0.717) is 19.1 Å². The highest BCUT2D eigenvalue weighted by Gasteiger charge is 2.03. The lowest BCUT2D eigenvalue weighted by Gasteiger charge is -2.16. The molecule has 1 rings (SSSR count). The largest absolute Gasteiger partial charge is 0.383 e. The minimum Gasteiger partial charge on any atom is -0.383 e. The van der Waals surface area contributed by atoms with Crippen molar-refractivity contribution in [3.05, 3.63) is 18.0 Å². The van der Waals surface area contributed by atoms with Gasteiger partial charge in [0.1, 0.15) is 0 Å². The number of methoxy groups -OCH3 is 1. The molecular weight excluding hydrogens is 192 g/mol. The topological polar surface area (TPSA) is 64.3 Å². The van der Waals surface area contributed by atoms with Crippen LogP contribution in [-0.4, -0.2) is 43.8 Å². The molecule has 5 heteroatoms. The normalized spacial score (nSPS) is 10.3. The highest BCUT2D eigenvalue weighted by molar-refractivity contribution is 5.28. The Hall–Kier alpha value is -1.20. The van der Waals surface area contributed by atoms with E-state index in [2.05, 4.69) is 9.97 Å². The van der Waals surface area contributed by atoms with Gasteiger partial charge in [0.05, 0.1) is 6.61 Å². The maximum absolute atomic E-state index is 5.44. The van der Waals surface area contributed by atoms with Crippen LogP contribution in [0.5, 0.6) is 0 Å². The molecule has 0 atom stereocenters. The number of likely N-dealkylation sites (N-methyl/N-ethyl adjacent to an activating group) is 1. The number of ether oxygens (including phenoxy) is 1. The first-order chi connectivity index (χ1) is 7.27. The lowest BCUT2D eigenvalue weighted by atomic mass is 10.2. The Balaban J connectivity index is 2.54. The molecule has 0 amide bonds. The van der Waals surface area contributed by atoms with Gasteiger partial charge in [-0.3, -0.25) is 0 Å². The fraction of sp³-hybridized carbons (Fsp3) is 0.600. The SMILES string of the molecule is COCCN(C)c1ncc(CCN)cn1. The number of rotatable bonds is 6. The summed E-state index contributed by atoms with van der Waals surface area (Å²) in [7, 11) is 3.62. The van der Waals surface area contributed by atoms with Crippen molar-refractivity contribution in [3.63, 3.8) is 0 Å². The Bertz CT molecular complexity index is 275. The van der Waals surface area contributed by atoms with Gasteiger partial charge in [0.15, 0.2) is 0 Å². The highest BCUT2D eigenvalue weighted by Crippen LogP contribution is 2.04. The van der Waals surface area contributed by atoms with Gasteiger partial charge >= 0.3 is 0 Å². The summed E-state index contributed by atoms with van der Waals surface area (Å²) in [5.41, 5.74) is 6.51. The van der Waals surface area contributed by atoms with Gasteiger partial charge in [-0.15, -0.1) is 0 Å². The van der Waals surface area contributed by atoms with Crippen molar-refractivity contribution in [2.24, 2.45) is 5.73 Å². The first-order valence-electron chi connectivity index (χ1n) is 4.99. The summed E-state index contributed by atoms with van der Waals surface area (Å²) >= 11 is 0. The van der Waals surface area contributed by atoms with Crippen molar-refractivity contribution in [3.8, 4) is 0 Å². The second-order valence-corrected chi connectivity index (χ2v) is 3.34. The molecule has 2 N–H and O–H groups in total. The Labute approximate surface area is 90.3 Å². The predicted molar refractivity (Wildman–Crippen MR) is 59.9 cm³/mol. The molecular formula is C10H18N4O. The molecule has 0 saturated heterocycles. The molecule has 0 bridgehead atoms. The van der Waals surface area contributed by atoms with Crippen LogP contribution in [0.15, 0.2) is 12.4 Å². The molecule has 1 aromatic rings. The molecule has 84 valence electrons. The fourth-order valence-electron chi connectivity index (χ4n) is 1.17. The molecule has 15 heavy (non-hydrogen) atoms. The molecule has 0 aromatic carbocycles. The van der Waals surface area contributed by atoms with E-state index in [1.54, 1.807) is 7.11 Å². The average molecular weight is 210 g/mol. The molecule has 0 spiro atoms. The third-order valence-corrected chi connectivity index (χ3v) is 2.10. The van der Waals surface area contributed by atoms with Crippen LogP contribution >= 0.6 is 0 Å². The van der Waals surface area contributed by atoms with Gasteiger partial charge < -0.3 is 15.4 Å². The van der Waals surface area contributed by atoms with E-state index in [9.17, 15) is 0 Å². The van der Waals surface area contributed by atoms with Gasteiger partial charge in [-0.2, -0.15) is 0 Å². The second kappa shape index (κ2) is 6.31. The van der Waals surface area contributed by atoms with Crippen molar-refractivity contribution in [1.29, 1.82) is 0 Å². The van der Waals surface area contributed by atoms with Crippen molar-refractivity contribution in [2.45, 2.75) is 6.42 Å². The van der Waals surface area contributed by atoms with E-state index >= 15 is 0 Å². The quantitative estimate of drug-likeness (QED) is 0.719. The number of anilines is 1. The fourth-order valence-corrected chi connectivity index (χ4v) is 1.17. The smallest absolute Gasteiger partial charge is 0.225 e. The summed E-state index contributed by atoms with van der Waals surface area (Å²) in [4.78, 5) is 10.5. The average Bonchev–Trinajstić information content (AvgIpc) is 2.27. The molecule has 0 radical (unpaired) electrons. The molecule has 5 nitrogen and oxygen atoms in total. The maximum Gasteiger partial charge on any atom is 0.225 e. The summed E-state index contributed by atoms with van der Waals surface area (Å²) in [6.07, 6.45) is 4.46. The Kier molecular flexibility index (Phi) is 5.00. The van der Waals surface area contributed by atoms with Gasteiger partial charge in [-0.1, -0.05) is 0 Å². The van der Waals surface area contributed by atoms with Crippen LogP contribution in [0.1, 0.15) is 5.56 Å².